The number of amides is 1. The molecule has 0 radical (unpaired) electrons. The van der Waals surface area contributed by atoms with E-state index in [2.05, 4.69) is 16.6 Å². The number of hydrogen-bond donors (Lipinski definition) is 1. The van der Waals surface area contributed by atoms with Gasteiger partial charge in [-0.1, -0.05) is 13.0 Å². The fourth-order valence-corrected chi connectivity index (χ4v) is 3.68. The molecular formula is C18H24N2O7S. The Kier molecular flexibility index (Phi) is 7.03. The molecule has 2 atom stereocenters. The van der Waals surface area contributed by atoms with Gasteiger partial charge in [0.25, 0.3) is 0 Å². The number of fused-ring (bicyclic) bond motifs is 1. The maximum absolute atomic E-state index is 12.8. The molecule has 1 aliphatic heterocycles. The number of rotatable bonds is 8. The lowest BCUT2D eigenvalue weighted by molar-refractivity contribution is -0.146. The molecule has 28 heavy (non-hydrogen) atoms. The van der Waals surface area contributed by atoms with Crippen molar-refractivity contribution in [2.24, 2.45) is 5.92 Å². The Morgan fingerprint density at radius 1 is 1.32 bits per heavy atom. The van der Waals surface area contributed by atoms with Crippen LogP contribution in [0, 0.1) is 5.92 Å². The normalized spacial score (nSPS) is 15.4. The number of nitrogens with zero attached hydrogens (tertiary/aromatic N) is 1. The van der Waals surface area contributed by atoms with Crippen LogP contribution in [0.5, 0.6) is 11.5 Å². The van der Waals surface area contributed by atoms with Crippen LogP contribution in [-0.4, -0.2) is 64.6 Å². The molecule has 1 aromatic carbocycles. The highest BCUT2D eigenvalue weighted by molar-refractivity contribution is 7.89. The number of likely N-dealkylation sites (N-methyl/N-ethyl adjacent to an activating group) is 1. The van der Waals surface area contributed by atoms with E-state index >= 15 is 0 Å². The van der Waals surface area contributed by atoms with Crippen LogP contribution in [0.1, 0.15) is 6.92 Å². The summed E-state index contributed by atoms with van der Waals surface area (Å²) in [6, 6.07) is 3.29. The Morgan fingerprint density at radius 3 is 2.57 bits per heavy atom. The van der Waals surface area contributed by atoms with Crippen molar-refractivity contribution in [3.8, 4) is 11.5 Å². The standard InChI is InChI=1S/C18H24N2O7S/c1-5-12(2)17(18(22)25-4)19-16(21)11-20(3)28(23,24)13-6-7-14-15(10-13)27-9-8-26-14/h5-7,10,12,17H,1,8-9,11H2,2-4H3,(H,19,21)/t12-,17+/m0/s1. The molecule has 1 aromatic rings. The van der Waals surface area contributed by atoms with Crippen LogP contribution in [0.4, 0.5) is 0 Å². The number of sulfonamides is 1. The molecule has 0 aliphatic carbocycles. The molecule has 0 spiro atoms. The van der Waals surface area contributed by atoms with Crippen LogP contribution in [0.15, 0.2) is 35.7 Å². The van der Waals surface area contributed by atoms with Crippen molar-refractivity contribution in [3.05, 3.63) is 30.9 Å². The second-order valence-corrected chi connectivity index (χ2v) is 8.27. The van der Waals surface area contributed by atoms with E-state index in [-0.39, 0.29) is 4.90 Å². The molecule has 0 fully saturated rings. The SMILES string of the molecule is C=C[C@H](C)[C@@H](NC(=O)CN(C)S(=O)(=O)c1ccc2c(c1)OCCO2)C(=O)OC. The maximum Gasteiger partial charge on any atom is 0.328 e. The molecule has 2 rings (SSSR count). The average Bonchev–Trinajstić information content (AvgIpc) is 2.70. The molecular weight excluding hydrogens is 388 g/mol. The Balaban J connectivity index is 2.11. The van der Waals surface area contributed by atoms with E-state index < -0.39 is 40.4 Å². The largest absolute Gasteiger partial charge is 0.486 e. The molecule has 10 heteroatoms. The van der Waals surface area contributed by atoms with E-state index in [0.29, 0.717) is 24.7 Å². The fourth-order valence-electron chi connectivity index (χ4n) is 2.54. The van der Waals surface area contributed by atoms with E-state index in [0.717, 1.165) is 4.31 Å². The first kappa shape index (κ1) is 21.7. The minimum atomic E-state index is -3.95. The van der Waals surface area contributed by atoms with Gasteiger partial charge in [-0.2, -0.15) is 4.31 Å². The van der Waals surface area contributed by atoms with Gasteiger partial charge in [0.1, 0.15) is 19.3 Å². The summed E-state index contributed by atoms with van der Waals surface area (Å²) in [5, 5.41) is 2.49. The van der Waals surface area contributed by atoms with Crippen LogP contribution in [0.25, 0.3) is 0 Å². The predicted octanol–water partition coefficient (Wildman–Crippen LogP) is 0.558. The summed E-state index contributed by atoms with van der Waals surface area (Å²) >= 11 is 0. The summed E-state index contributed by atoms with van der Waals surface area (Å²) in [4.78, 5) is 24.1. The number of benzene rings is 1. The summed E-state index contributed by atoms with van der Waals surface area (Å²) < 4.78 is 41.9. The van der Waals surface area contributed by atoms with Crippen molar-refractivity contribution in [3.63, 3.8) is 0 Å². The van der Waals surface area contributed by atoms with Crippen molar-refractivity contribution in [2.75, 3.05) is 33.9 Å². The predicted molar refractivity (Wildman–Crippen MR) is 101 cm³/mol. The lowest BCUT2D eigenvalue weighted by Crippen LogP contribution is -2.48. The minimum absolute atomic E-state index is 0.0315. The molecule has 0 bridgehead atoms. The number of hydrogen-bond acceptors (Lipinski definition) is 7. The highest BCUT2D eigenvalue weighted by Crippen LogP contribution is 2.32. The van der Waals surface area contributed by atoms with Gasteiger partial charge in [-0.25, -0.2) is 13.2 Å². The van der Waals surface area contributed by atoms with E-state index in [4.69, 9.17) is 9.47 Å². The molecule has 1 aliphatic rings. The summed E-state index contributed by atoms with van der Waals surface area (Å²) in [6.07, 6.45) is 1.50. The Morgan fingerprint density at radius 2 is 1.96 bits per heavy atom. The zero-order valence-corrected chi connectivity index (χ0v) is 16.8. The summed E-state index contributed by atoms with van der Waals surface area (Å²) in [5.74, 6) is -0.886. The van der Waals surface area contributed by atoms with Gasteiger partial charge in [0.15, 0.2) is 11.5 Å². The number of esters is 1. The van der Waals surface area contributed by atoms with Gasteiger partial charge < -0.3 is 19.5 Å². The van der Waals surface area contributed by atoms with E-state index in [9.17, 15) is 18.0 Å². The second kappa shape index (κ2) is 9.07. The second-order valence-electron chi connectivity index (χ2n) is 6.23. The monoisotopic (exact) mass is 412 g/mol. The lowest BCUT2D eigenvalue weighted by atomic mass is 10.0. The highest BCUT2D eigenvalue weighted by atomic mass is 32.2. The van der Waals surface area contributed by atoms with E-state index in [1.807, 2.05) is 0 Å². The van der Waals surface area contributed by atoms with Crippen LogP contribution in [0.2, 0.25) is 0 Å². The van der Waals surface area contributed by atoms with Crippen LogP contribution in [0.3, 0.4) is 0 Å². The van der Waals surface area contributed by atoms with Gasteiger partial charge in [-0.05, 0) is 12.1 Å². The quantitative estimate of drug-likeness (QED) is 0.490. The van der Waals surface area contributed by atoms with Gasteiger partial charge in [-0.15, -0.1) is 6.58 Å². The Hall–Kier alpha value is -2.59. The lowest BCUT2D eigenvalue weighted by Gasteiger charge is -2.23. The van der Waals surface area contributed by atoms with Crippen LogP contribution in [-0.2, 0) is 24.3 Å². The molecule has 1 N–H and O–H groups in total. The van der Waals surface area contributed by atoms with Crippen LogP contribution >= 0.6 is 0 Å². The van der Waals surface area contributed by atoms with Crippen molar-refractivity contribution >= 4 is 21.9 Å². The van der Waals surface area contributed by atoms with Gasteiger partial charge >= 0.3 is 5.97 Å². The van der Waals surface area contributed by atoms with Crippen LogP contribution < -0.4 is 14.8 Å². The maximum atomic E-state index is 12.8. The summed E-state index contributed by atoms with van der Waals surface area (Å²) in [5.41, 5.74) is 0. The number of methoxy groups -OCH3 is 1. The molecule has 154 valence electrons. The zero-order valence-electron chi connectivity index (χ0n) is 16.0. The zero-order chi connectivity index (χ0) is 20.9. The highest BCUT2D eigenvalue weighted by Gasteiger charge is 2.29. The third-order valence-electron chi connectivity index (χ3n) is 4.26. The van der Waals surface area contributed by atoms with Crippen molar-refractivity contribution in [2.45, 2.75) is 17.9 Å². The third kappa shape index (κ3) is 4.82. The molecule has 0 saturated heterocycles. The first-order valence-corrected chi connectivity index (χ1v) is 10.0. The topological polar surface area (TPSA) is 111 Å². The van der Waals surface area contributed by atoms with Crippen molar-refractivity contribution in [1.82, 2.24) is 9.62 Å². The van der Waals surface area contributed by atoms with E-state index in [1.165, 1.54) is 38.4 Å². The molecule has 1 heterocycles. The smallest absolute Gasteiger partial charge is 0.328 e. The van der Waals surface area contributed by atoms with Crippen molar-refractivity contribution < 1.29 is 32.2 Å². The van der Waals surface area contributed by atoms with Gasteiger partial charge in [0, 0.05) is 19.0 Å². The Bertz CT molecular complexity index is 853. The van der Waals surface area contributed by atoms with Crippen molar-refractivity contribution in [1.29, 1.82) is 0 Å². The number of carbonyl (C=O) groups excluding carboxylic acids is 2. The van der Waals surface area contributed by atoms with Gasteiger partial charge in [-0.3, -0.25) is 4.79 Å². The molecule has 1 amide bonds. The minimum Gasteiger partial charge on any atom is -0.486 e. The Labute approximate surface area is 164 Å². The third-order valence-corrected chi connectivity index (χ3v) is 6.06. The van der Waals surface area contributed by atoms with E-state index in [1.54, 1.807) is 6.92 Å². The molecule has 0 aromatic heterocycles. The first-order chi connectivity index (χ1) is 13.2. The molecule has 9 nitrogen and oxygen atoms in total. The summed E-state index contributed by atoms with van der Waals surface area (Å²) in [6.45, 7) is 5.52. The number of ether oxygens (including phenoxy) is 3. The average molecular weight is 412 g/mol. The summed E-state index contributed by atoms with van der Waals surface area (Å²) in [7, 11) is -1.48. The van der Waals surface area contributed by atoms with Gasteiger partial charge in [0.2, 0.25) is 15.9 Å². The first-order valence-electron chi connectivity index (χ1n) is 8.56. The van der Waals surface area contributed by atoms with Gasteiger partial charge in [0.05, 0.1) is 18.6 Å². The molecule has 0 saturated carbocycles. The number of carbonyl (C=O) groups is 2. The number of nitrogens with one attached hydrogen (secondary N) is 1. The molecule has 0 unspecified atom stereocenters. The fraction of sp³-hybridized carbons (Fsp3) is 0.444.